The molecule has 0 atom stereocenters. The number of hydrogen-bond acceptors (Lipinski definition) is 2. The Morgan fingerprint density at radius 1 is 1.33 bits per heavy atom. The van der Waals surface area contributed by atoms with Crippen molar-refractivity contribution in [3.05, 3.63) is 29.6 Å². The maximum absolute atomic E-state index is 13.7. The van der Waals surface area contributed by atoms with Crippen LogP contribution in [-0.4, -0.2) is 11.5 Å². The van der Waals surface area contributed by atoms with Gasteiger partial charge in [-0.05, 0) is 37.0 Å². The number of hydrogen-bond donors (Lipinski definition) is 2. The standard InChI is InChI=1S/C14H19FN2S/c15-13-8-11(6-7-12(13)14(16)18)17-9-10-4-2-1-3-5-10/h6-8,10,17H,1-5,9H2,(H2,16,18). The monoisotopic (exact) mass is 266 g/mol. The number of nitrogens with two attached hydrogens (primary N) is 1. The molecule has 1 aliphatic rings. The Morgan fingerprint density at radius 2 is 2.06 bits per heavy atom. The summed E-state index contributed by atoms with van der Waals surface area (Å²) in [4.78, 5) is 0.103. The fourth-order valence-electron chi connectivity index (χ4n) is 2.48. The van der Waals surface area contributed by atoms with Crippen LogP contribution in [-0.2, 0) is 0 Å². The van der Waals surface area contributed by atoms with Crippen LogP contribution in [0.4, 0.5) is 10.1 Å². The fraction of sp³-hybridized carbons (Fsp3) is 0.500. The first-order valence-corrected chi connectivity index (χ1v) is 6.91. The highest BCUT2D eigenvalue weighted by molar-refractivity contribution is 7.80. The molecule has 2 rings (SSSR count). The van der Waals surface area contributed by atoms with E-state index in [9.17, 15) is 4.39 Å². The van der Waals surface area contributed by atoms with Crippen LogP contribution in [0.25, 0.3) is 0 Å². The third kappa shape index (κ3) is 3.42. The molecule has 3 N–H and O–H groups in total. The summed E-state index contributed by atoms with van der Waals surface area (Å²) in [5, 5.41) is 3.30. The van der Waals surface area contributed by atoms with Crippen molar-refractivity contribution in [3.8, 4) is 0 Å². The topological polar surface area (TPSA) is 38.0 Å². The Labute approximate surface area is 113 Å². The van der Waals surface area contributed by atoms with Gasteiger partial charge >= 0.3 is 0 Å². The Morgan fingerprint density at radius 3 is 2.67 bits per heavy atom. The minimum absolute atomic E-state index is 0.103. The van der Waals surface area contributed by atoms with E-state index >= 15 is 0 Å². The van der Waals surface area contributed by atoms with Crippen LogP contribution in [0.15, 0.2) is 18.2 Å². The maximum atomic E-state index is 13.7. The number of nitrogens with one attached hydrogen (secondary N) is 1. The Hall–Kier alpha value is -1.16. The average Bonchev–Trinajstić information content (AvgIpc) is 2.37. The zero-order chi connectivity index (χ0) is 13.0. The number of halogens is 1. The normalized spacial score (nSPS) is 16.5. The SMILES string of the molecule is NC(=S)c1ccc(NCC2CCCCC2)cc1F. The van der Waals surface area contributed by atoms with Gasteiger partial charge < -0.3 is 11.1 Å². The number of benzene rings is 1. The molecular formula is C14H19FN2S. The molecule has 2 nitrogen and oxygen atoms in total. The molecule has 0 spiro atoms. The van der Waals surface area contributed by atoms with E-state index in [2.05, 4.69) is 5.32 Å². The van der Waals surface area contributed by atoms with Crippen LogP contribution in [0.5, 0.6) is 0 Å². The van der Waals surface area contributed by atoms with E-state index < -0.39 is 0 Å². The summed E-state index contributed by atoms with van der Waals surface area (Å²) in [6.45, 7) is 0.922. The zero-order valence-corrected chi connectivity index (χ0v) is 11.2. The van der Waals surface area contributed by atoms with Gasteiger partial charge in [-0.2, -0.15) is 0 Å². The van der Waals surface area contributed by atoms with Gasteiger partial charge in [0.25, 0.3) is 0 Å². The van der Waals surface area contributed by atoms with Gasteiger partial charge in [-0.1, -0.05) is 31.5 Å². The van der Waals surface area contributed by atoms with Crippen LogP contribution in [0.2, 0.25) is 0 Å². The highest BCUT2D eigenvalue weighted by Crippen LogP contribution is 2.24. The van der Waals surface area contributed by atoms with Gasteiger partial charge in [-0.25, -0.2) is 4.39 Å². The Balaban J connectivity index is 1.93. The number of anilines is 1. The van der Waals surface area contributed by atoms with E-state index in [1.165, 1.54) is 38.2 Å². The van der Waals surface area contributed by atoms with Gasteiger partial charge in [-0.15, -0.1) is 0 Å². The van der Waals surface area contributed by atoms with Crippen molar-refractivity contribution in [2.24, 2.45) is 11.7 Å². The molecular weight excluding hydrogens is 247 g/mol. The van der Waals surface area contributed by atoms with Crippen LogP contribution in [0.3, 0.4) is 0 Å². The molecule has 0 heterocycles. The first kappa shape index (κ1) is 13.3. The minimum atomic E-state index is -0.351. The highest BCUT2D eigenvalue weighted by Gasteiger charge is 2.13. The van der Waals surface area contributed by atoms with Crippen molar-refractivity contribution in [2.45, 2.75) is 32.1 Å². The molecule has 0 aromatic heterocycles. The van der Waals surface area contributed by atoms with E-state index in [0.29, 0.717) is 5.56 Å². The number of thiocarbonyl (C=S) groups is 1. The summed E-state index contributed by atoms with van der Waals surface area (Å²) in [5.41, 5.74) is 6.54. The van der Waals surface area contributed by atoms with Crippen molar-refractivity contribution in [2.75, 3.05) is 11.9 Å². The van der Waals surface area contributed by atoms with Gasteiger partial charge in [0, 0.05) is 17.8 Å². The molecule has 1 fully saturated rings. The third-order valence-corrected chi connectivity index (χ3v) is 3.77. The number of rotatable bonds is 4. The predicted octanol–water partition coefficient (Wildman–Crippen LogP) is 3.45. The van der Waals surface area contributed by atoms with Crippen LogP contribution in [0.1, 0.15) is 37.7 Å². The average molecular weight is 266 g/mol. The summed E-state index contributed by atoms with van der Waals surface area (Å²) >= 11 is 4.78. The first-order chi connectivity index (χ1) is 8.66. The highest BCUT2D eigenvalue weighted by atomic mass is 32.1. The van der Waals surface area contributed by atoms with Gasteiger partial charge in [-0.3, -0.25) is 0 Å². The molecule has 1 aromatic carbocycles. The molecule has 1 saturated carbocycles. The summed E-state index contributed by atoms with van der Waals surface area (Å²) in [6.07, 6.45) is 6.55. The van der Waals surface area contributed by atoms with Gasteiger partial charge in [0.15, 0.2) is 0 Å². The molecule has 18 heavy (non-hydrogen) atoms. The Kier molecular flexibility index (Phi) is 4.53. The lowest BCUT2D eigenvalue weighted by molar-refractivity contribution is 0.373. The fourth-order valence-corrected chi connectivity index (χ4v) is 2.64. The van der Waals surface area contributed by atoms with Crippen molar-refractivity contribution in [3.63, 3.8) is 0 Å². The van der Waals surface area contributed by atoms with E-state index in [1.807, 2.05) is 6.07 Å². The molecule has 98 valence electrons. The first-order valence-electron chi connectivity index (χ1n) is 6.50. The maximum Gasteiger partial charge on any atom is 0.135 e. The predicted molar refractivity (Wildman–Crippen MR) is 77.4 cm³/mol. The smallest absolute Gasteiger partial charge is 0.135 e. The van der Waals surface area contributed by atoms with Crippen molar-refractivity contribution < 1.29 is 4.39 Å². The lowest BCUT2D eigenvalue weighted by atomic mass is 9.89. The summed E-state index contributed by atoms with van der Waals surface area (Å²) in [7, 11) is 0. The van der Waals surface area contributed by atoms with E-state index in [1.54, 1.807) is 6.07 Å². The molecule has 1 aliphatic carbocycles. The minimum Gasteiger partial charge on any atom is -0.389 e. The molecule has 0 aliphatic heterocycles. The summed E-state index contributed by atoms with van der Waals surface area (Å²) in [6, 6.07) is 4.94. The van der Waals surface area contributed by atoms with Crippen LogP contribution >= 0.6 is 12.2 Å². The largest absolute Gasteiger partial charge is 0.389 e. The van der Waals surface area contributed by atoms with Crippen LogP contribution in [0, 0.1) is 11.7 Å². The van der Waals surface area contributed by atoms with E-state index in [0.717, 1.165) is 18.2 Å². The quantitative estimate of drug-likeness (QED) is 0.820. The molecule has 0 saturated heterocycles. The van der Waals surface area contributed by atoms with E-state index in [-0.39, 0.29) is 10.8 Å². The molecule has 0 amide bonds. The van der Waals surface area contributed by atoms with Crippen molar-refractivity contribution >= 4 is 22.9 Å². The lowest BCUT2D eigenvalue weighted by Crippen LogP contribution is -2.17. The van der Waals surface area contributed by atoms with E-state index in [4.69, 9.17) is 18.0 Å². The molecule has 0 bridgehead atoms. The van der Waals surface area contributed by atoms with Gasteiger partial charge in [0.05, 0.1) is 0 Å². The molecule has 0 unspecified atom stereocenters. The molecule has 4 heteroatoms. The van der Waals surface area contributed by atoms with Crippen molar-refractivity contribution in [1.82, 2.24) is 0 Å². The third-order valence-electron chi connectivity index (χ3n) is 3.55. The zero-order valence-electron chi connectivity index (χ0n) is 10.4. The van der Waals surface area contributed by atoms with Crippen LogP contribution < -0.4 is 11.1 Å². The second kappa shape index (κ2) is 6.14. The second-order valence-electron chi connectivity index (χ2n) is 4.94. The Bertz CT molecular complexity index is 428. The second-order valence-corrected chi connectivity index (χ2v) is 5.38. The summed E-state index contributed by atoms with van der Waals surface area (Å²) in [5.74, 6) is 0.369. The van der Waals surface area contributed by atoms with Gasteiger partial charge in [0.2, 0.25) is 0 Å². The van der Waals surface area contributed by atoms with Crippen molar-refractivity contribution in [1.29, 1.82) is 0 Å². The molecule has 1 aromatic rings. The summed E-state index contributed by atoms with van der Waals surface area (Å²) < 4.78 is 13.7. The lowest BCUT2D eigenvalue weighted by Gasteiger charge is -2.22. The molecule has 0 radical (unpaired) electrons. The van der Waals surface area contributed by atoms with Gasteiger partial charge in [0.1, 0.15) is 10.8 Å².